The molecule has 358 valence electrons. The lowest BCUT2D eigenvalue weighted by Gasteiger charge is -2.31. The summed E-state index contributed by atoms with van der Waals surface area (Å²) in [6.45, 7) is 0. The van der Waals surface area contributed by atoms with Crippen LogP contribution in [0, 0.1) is 0 Å². The smallest absolute Gasteiger partial charge is 0.0725 e. The van der Waals surface area contributed by atoms with E-state index in [0.717, 1.165) is 17.1 Å². The standard InChI is InChI=1S/C75H47NS/c1-2-17-53-45-55(36-35-48(53)15-1)51-33-31-49(32-34-51)50-37-40-57(41-38-50)76(71-44-43-65(60-26-14-18-52-16-3-4-21-59(52)60)74-73(71)66-25-8-12-30-72(66)77-74)58-20-13-19-54(46-58)56-39-42-64-63-24-7-11-29-69(63)75(70(64)47-56)67-27-9-5-22-61(67)62-23-6-10-28-68(62)75/h1-47H. The number of rotatable bonds is 7. The Morgan fingerprint density at radius 1 is 0.273 bits per heavy atom. The molecule has 14 aromatic rings. The fraction of sp³-hybridized carbons (Fsp3) is 0.0133. The highest BCUT2D eigenvalue weighted by Crippen LogP contribution is 2.63. The molecule has 1 heterocycles. The third kappa shape index (κ3) is 6.66. The van der Waals surface area contributed by atoms with E-state index in [-0.39, 0.29) is 0 Å². The van der Waals surface area contributed by atoms with Gasteiger partial charge in [0.15, 0.2) is 0 Å². The summed E-state index contributed by atoms with van der Waals surface area (Å²) in [6, 6.07) is 106. The lowest BCUT2D eigenvalue weighted by molar-refractivity contribution is 0.794. The Morgan fingerprint density at radius 2 is 0.766 bits per heavy atom. The molecule has 2 aliphatic carbocycles. The van der Waals surface area contributed by atoms with Crippen molar-refractivity contribution in [2.45, 2.75) is 5.41 Å². The molecule has 0 saturated carbocycles. The van der Waals surface area contributed by atoms with E-state index in [2.05, 4.69) is 290 Å². The van der Waals surface area contributed by atoms with Crippen LogP contribution < -0.4 is 4.90 Å². The summed E-state index contributed by atoms with van der Waals surface area (Å²) in [5.41, 5.74) is 23.2. The molecular weight excluding hydrogens is 947 g/mol. The van der Waals surface area contributed by atoms with Crippen molar-refractivity contribution >= 4 is 70.1 Å². The number of fused-ring (bicyclic) bond motifs is 15. The Hall–Kier alpha value is -9.60. The Bertz CT molecular complexity index is 4620. The SMILES string of the molecule is c1cc(-c2ccc3c(c2)C2(c4ccccc4-c4ccccc42)c2ccccc2-3)cc(N(c2ccc(-c3ccc(-c4ccc5ccccc5c4)cc3)cc2)c2ccc(-c3cccc4ccccc34)c3sc4ccccc4c23)c1. The van der Waals surface area contributed by atoms with Crippen molar-refractivity contribution in [3.8, 4) is 66.8 Å². The third-order valence-electron chi connectivity index (χ3n) is 16.7. The van der Waals surface area contributed by atoms with Crippen LogP contribution >= 0.6 is 11.3 Å². The van der Waals surface area contributed by atoms with Gasteiger partial charge in [0.1, 0.15) is 0 Å². The first kappa shape index (κ1) is 43.8. The predicted molar refractivity (Wildman–Crippen MR) is 327 cm³/mol. The molecule has 0 bridgehead atoms. The Labute approximate surface area is 451 Å². The molecule has 2 aliphatic rings. The van der Waals surface area contributed by atoms with Crippen molar-refractivity contribution < 1.29 is 0 Å². The second-order valence-corrected chi connectivity index (χ2v) is 21.7. The van der Waals surface area contributed by atoms with E-state index in [1.165, 1.54) is 131 Å². The van der Waals surface area contributed by atoms with E-state index in [4.69, 9.17) is 0 Å². The Morgan fingerprint density at radius 3 is 1.49 bits per heavy atom. The Balaban J connectivity index is 0.863. The molecule has 1 nitrogen and oxygen atoms in total. The molecule has 16 rings (SSSR count). The molecule has 1 aromatic heterocycles. The van der Waals surface area contributed by atoms with Crippen LogP contribution in [-0.4, -0.2) is 0 Å². The lowest BCUT2D eigenvalue weighted by Crippen LogP contribution is -2.25. The molecule has 13 aromatic carbocycles. The van der Waals surface area contributed by atoms with Gasteiger partial charge in [0.05, 0.1) is 11.1 Å². The van der Waals surface area contributed by atoms with E-state index in [9.17, 15) is 0 Å². The minimum absolute atomic E-state index is 0.422. The predicted octanol–water partition coefficient (Wildman–Crippen LogP) is 20.8. The minimum atomic E-state index is -0.422. The highest BCUT2D eigenvalue weighted by Gasteiger charge is 2.51. The maximum absolute atomic E-state index is 2.50. The monoisotopic (exact) mass is 993 g/mol. The summed E-state index contributed by atoms with van der Waals surface area (Å²) in [5, 5.41) is 7.53. The van der Waals surface area contributed by atoms with E-state index < -0.39 is 5.41 Å². The quantitative estimate of drug-likeness (QED) is 0.154. The van der Waals surface area contributed by atoms with Crippen molar-refractivity contribution in [2.24, 2.45) is 0 Å². The summed E-state index contributed by atoms with van der Waals surface area (Å²) in [4.78, 5) is 2.50. The second kappa shape index (κ2) is 17.2. The maximum Gasteiger partial charge on any atom is 0.0725 e. The minimum Gasteiger partial charge on any atom is -0.310 e. The van der Waals surface area contributed by atoms with Crippen LogP contribution in [0.15, 0.2) is 285 Å². The van der Waals surface area contributed by atoms with Crippen LogP contribution in [0.4, 0.5) is 17.1 Å². The summed E-state index contributed by atoms with van der Waals surface area (Å²) in [7, 11) is 0. The zero-order valence-electron chi connectivity index (χ0n) is 42.0. The normalized spacial score (nSPS) is 12.8. The van der Waals surface area contributed by atoms with Gasteiger partial charge in [-0.15, -0.1) is 11.3 Å². The van der Waals surface area contributed by atoms with Crippen LogP contribution in [-0.2, 0) is 5.41 Å². The number of thiophene rings is 1. The van der Waals surface area contributed by atoms with Crippen molar-refractivity contribution in [3.63, 3.8) is 0 Å². The number of anilines is 3. The molecule has 0 unspecified atom stereocenters. The first-order valence-electron chi connectivity index (χ1n) is 26.6. The van der Waals surface area contributed by atoms with Crippen LogP contribution in [0.1, 0.15) is 22.3 Å². The maximum atomic E-state index is 2.50. The van der Waals surface area contributed by atoms with Gasteiger partial charge in [0, 0.05) is 37.1 Å². The van der Waals surface area contributed by atoms with Gasteiger partial charge < -0.3 is 4.90 Å². The molecule has 0 aliphatic heterocycles. The molecule has 0 atom stereocenters. The first-order chi connectivity index (χ1) is 38.2. The highest BCUT2D eigenvalue weighted by molar-refractivity contribution is 7.26. The molecule has 0 radical (unpaired) electrons. The van der Waals surface area contributed by atoms with E-state index in [0.29, 0.717) is 0 Å². The lowest BCUT2D eigenvalue weighted by atomic mass is 9.70. The van der Waals surface area contributed by atoms with Crippen molar-refractivity contribution in [1.82, 2.24) is 0 Å². The zero-order chi connectivity index (χ0) is 50.6. The fourth-order valence-electron chi connectivity index (χ4n) is 13.2. The van der Waals surface area contributed by atoms with E-state index in [1.54, 1.807) is 0 Å². The van der Waals surface area contributed by atoms with Gasteiger partial charge in [-0.1, -0.05) is 237 Å². The van der Waals surface area contributed by atoms with E-state index in [1.807, 2.05) is 11.3 Å². The van der Waals surface area contributed by atoms with Gasteiger partial charge in [-0.25, -0.2) is 0 Å². The fourth-order valence-corrected chi connectivity index (χ4v) is 14.5. The molecule has 2 heteroatoms. The van der Waals surface area contributed by atoms with E-state index >= 15 is 0 Å². The van der Waals surface area contributed by atoms with Crippen molar-refractivity contribution in [1.29, 1.82) is 0 Å². The van der Waals surface area contributed by atoms with Crippen LogP contribution in [0.25, 0.3) is 108 Å². The molecular formula is C75H47NS. The second-order valence-electron chi connectivity index (χ2n) is 20.7. The van der Waals surface area contributed by atoms with Crippen LogP contribution in [0.3, 0.4) is 0 Å². The number of hydrogen-bond acceptors (Lipinski definition) is 2. The summed E-state index contributed by atoms with van der Waals surface area (Å²) in [6.07, 6.45) is 0. The van der Waals surface area contributed by atoms with Gasteiger partial charge >= 0.3 is 0 Å². The first-order valence-corrected chi connectivity index (χ1v) is 27.5. The summed E-state index contributed by atoms with van der Waals surface area (Å²) in [5.74, 6) is 0. The topological polar surface area (TPSA) is 3.24 Å². The molecule has 0 amide bonds. The molecule has 0 N–H and O–H groups in total. The average molecular weight is 994 g/mol. The largest absolute Gasteiger partial charge is 0.310 e. The number of nitrogens with zero attached hydrogens (tertiary/aromatic N) is 1. The van der Waals surface area contributed by atoms with Crippen LogP contribution in [0.2, 0.25) is 0 Å². The van der Waals surface area contributed by atoms with Gasteiger partial charge in [-0.05, 0) is 154 Å². The number of hydrogen-bond donors (Lipinski definition) is 0. The zero-order valence-corrected chi connectivity index (χ0v) is 42.8. The van der Waals surface area contributed by atoms with Gasteiger partial charge in [-0.3, -0.25) is 0 Å². The molecule has 1 spiro atoms. The molecule has 77 heavy (non-hydrogen) atoms. The van der Waals surface area contributed by atoms with Crippen molar-refractivity contribution in [2.75, 3.05) is 4.90 Å². The molecule has 0 fully saturated rings. The number of benzene rings is 13. The van der Waals surface area contributed by atoms with Gasteiger partial charge in [0.25, 0.3) is 0 Å². The third-order valence-corrected chi connectivity index (χ3v) is 17.9. The summed E-state index contributed by atoms with van der Waals surface area (Å²) >= 11 is 1.89. The Kier molecular flexibility index (Phi) is 9.79. The van der Waals surface area contributed by atoms with Crippen LogP contribution in [0.5, 0.6) is 0 Å². The summed E-state index contributed by atoms with van der Waals surface area (Å²) < 4.78 is 2.56. The highest BCUT2D eigenvalue weighted by atomic mass is 32.1. The van der Waals surface area contributed by atoms with Crippen molar-refractivity contribution in [3.05, 3.63) is 307 Å². The van der Waals surface area contributed by atoms with Gasteiger partial charge in [0.2, 0.25) is 0 Å². The average Bonchev–Trinajstić information content (AvgIpc) is 4.24. The molecule has 0 saturated heterocycles. The van der Waals surface area contributed by atoms with Gasteiger partial charge in [-0.2, -0.15) is 0 Å².